The molecule has 0 aromatic heterocycles. The molecular weight excluding hydrogens is 300 g/mol. The van der Waals surface area contributed by atoms with Gasteiger partial charge in [-0.2, -0.15) is 0 Å². The number of allylic oxidation sites excluding steroid dienone is 1. The molecule has 0 radical (unpaired) electrons. The minimum absolute atomic E-state index is 0.0109. The van der Waals surface area contributed by atoms with E-state index in [1.165, 1.54) is 19.3 Å². The molecule has 0 saturated carbocycles. The van der Waals surface area contributed by atoms with Crippen LogP contribution in [0.4, 0.5) is 0 Å². The fourth-order valence-electron chi connectivity index (χ4n) is 2.39. The van der Waals surface area contributed by atoms with E-state index in [1.54, 1.807) is 19.1 Å². The highest BCUT2D eigenvalue weighted by Gasteiger charge is 2.33. The third-order valence-corrected chi connectivity index (χ3v) is 3.65. The monoisotopic (exact) mass is 314 g/mol. The van der Waals surface area contributed by atoms with Gasteiger partial charge in [0.15, 0.2) is 17.3 Å². The molecule has 118 valence electrons. The number of Topliss-reactive ketones (excluding diaryl/α,β-unsaturated/α-hetero) is 1. The Morgan fingerprint density at radius 3 is 2.52 bits per heavy atom. The Morgan fingerprint density at radius 2 is 1.83 bits per heavy atom. The Hall–Kier alpha value is -3.15. The van der Waals surface area contributed by atoms with Crippen LogP contribution in [-0.4, -0.2) is 28.2 Å². The Bertz CT molecular complexity index is 851. The molecule has 0 bridgehead atoms. The average Bonchev–Trinajstić information content (AvgIpc) is 2.84. The molecule has 0 atom stereocenters. The SMILES string of the molecule is COc1cc(/C=C2\Oc3c(C)c(O)cc(O)c3C2=O)ccc1O. The number of methoxy groups -OCH3 is 1. The van der Waals surface area contributed by atoms with Crippen molar-refractivity contribution in [2.45, 2.75) is 6.92 Å². The summed E-state index contributed by atoms with van der Waals surface area (Å²) in [7, 11) is 1.42. The van der Waals surface area contributed by atoms with Crippen LogP contribution in [0.25, 0.3) is 6.08 Å². The second-order valence-electron chi connectivity index (χ2n) is 5.12. The number of aromatic hydroxyl groups is 3. The van der Waals surface area contributed by atoms with E-state index in [-0.39, 0.29) is 40.1 Å². The molecule has 6 heteroatoms. The van der Waals surface area contributed by atoms with Gasteiger partial charge in [0.05, 0.1) is 7.11 Å². The van der Waals surface area contributed by atoms with Gasteiger partial charge in [-0.05, 0) is 30.7 Å². The second kappa shape index (κ2) is 5.24. The lowest BCUT2D eigenvalue weighted by Gasteiger charge is -2.06. The van der Waals surface area contributed by atoms with Crippen LogP contribution in [0.3, 0.4) is 0 Å². The standard InChI is InChI=1S/C17H14O6/c1-8-11(19)7-12(20)15-16(21)14(23-17(8)15)6-9-3-4-10(18)13(5-9)22-2/h3-7,18-20H,1-2H3/b14-6-. The van der Waals surface area contributed by atoms with E-state index >= 15 is 0 Å². The fraction of sp³-hybridized carbons (Fsp3) is 0.118. The number of rotatable bonds is 2. The van der Waals surface area contributed by atoms with E-state index in [1.807, 2.05) is 0 Å². The van der Waals surface area contributed by atoms with Crippen molar-refractivity contribution in [1.29, 1.82) is 0 Å². The van der Waals surface area contributed by atoms with Crippen LogP contribution in [0.2, 0.25) is 0 Å². The Balaban J connectivity index is 2.05. The van der Waals surface area contributed by atoms with Gasteiger partial charge in [-0.3, -0.25) is 4.79 Å². The van der Waals surface area contributed by atoms with Crippen LogP contribution in [0, 0.1) is 6.92 Å². The Morgan fingerprint density at radius 1 is 1.09 bits per heavy atom. The molecule has 0 amide bonds. The zero-order chi connectivity index (χ0) is 16.7. The molecule has 6 nitrogen and oxygen atoms in total. The molecule has 0 spiro atoms. The number of ether oxygens (including phenoxy) is 2. The molecule has 0 saturated heterocycles. The van der Waals surface area contributed by atoms with E-state index in [9.17, 15) is 20.1 Å². The molecule has 0 fully saturated rings. The van der Waals surface area contributed by atoms with Gasteiger partial charge < -0.3 is 24.8 Å². The van der Waals surface area contributed by atoms with Gasteiger partial charge in [0.2, 0.25) is 5.78 Å². The van der Waals surface area contributed by atoms with Crippen LogP contribution in [0.1, 0.15) is 21.5 Å². The number of ketones is 1. The summed E-state index contributed by atoms with van der Waals surface area (Å²) in [4.78, 5) is 12.4. The third-order valence-electron chi connectivity index (χ3n) is 3.65. The molecule has 2 aromatic carbocycles. The van der Waals surface area contributed by atoms with E-state index in [2.05, 4.69) is 0 Å². The van der Waals surface area contributed by atoms with Gasteiger partial charge in [-0.1, -0.05) is 6.07 Å². The summed E-state index contributed by atoms with van der Waals surface area (Å²) in [6, 6.07) is 5.69. The first-order valence-electron chi connectivity index (χ1n) is 6.79. The summed E-state index contributed by atoms with van der Waals surface area (Å²) in [5, 5.41) is 29.2. The first kappa shape index (κ1) is 14.8. The molecule has 3 N–H and O–H groups in total. The minimum Gasteiger partial charge on any atom is -0.507 e. The maximum Gasteiger partial charge on any atom is 0.235 e. The molecule has 0 aliphatic carbocycles. The molecule has 23 heavy (non-hydrogen) atoms. The summed E-state index contributed by atoms with van der Waals surface area (Å²) in [6.07, 6.45) is 1.47. The van der Waals surface area contributed by atoms with Crippen molar-refractivity contribution in [3.05, 3.63) is 46.7 Å². The zero-order valence-electron chi connectivity index (χ0n) is 12.5. The highest BCUT2D eigenvalue weighted by atomic mass is 16.5. The topological polar surface area (TPSA) is 96.2 Å². The molecule has 2 aromatic rings. The van der Waals surface area contributed by atoms with Gasteiger partial charge >= 0.3 is 0 Å². The summed E-state index contributed by atoms with van der Waals surface area (Å²) in [5.41, 5.74) is 0.979. The maximum atomic E-state index is 12.4. The Labute approximate surface area is 131 Å². The Kier molecular flexibility index (Phi) is 3.37. The molecule has 0 unspecified atom stereocenters. The molecule has 1 aliphatic heterocycles. The summed E-state index contributed by atoms with van der Waals surface area (Å²) in [5.74, 6) is -0.565. The third kappa shape index (κ3) is 2.34. The summed E-state index contributed by atoms with van der Waals surface area (Å²) < 4.78 is 10.5. The van der Waals surface area contributed by atoms with E-state index in [0.29, 0.717) is 11.1 Å². The van der Waals surface area contributed by atoms with Crippen molar-refractivity contribution in [2.24, 2.45) is 0 Å². The van der Waals surface area contributed by atoms with E-state index in [4.69, 9.17) is 9.47 Å². The van der Waals surface area contributed by atoms with Crippen LogP contribution >= 0.6 is 0 Å². The number of hydrogen-bond donors (Lipinski definition) is 3. The number of benzene rings is 2. The van der Waals surface area contributed by atoms with Crippen LogP contribution in [0.15, 0.2) is 30.0 Å². The number of hydrogen-bond acceptors (Lipinski definition) is 6. The summed E-state index contributed by atoms with van der Waals surface area (Å²) in [6.45, 7) is 1.59. The minimum atomic E-state index is -0.479. The van der Waals surface area contributed by atoms with Gasteiger partial charge in [0.25, 0.3) is 0 Å². The van der Waals surface area contributed by atoms with E-state index in [0.717, 1.165) is 6.07 Å². The lowest BCUT2D eigenvalue weighted by atomic mass is 10.0. The van der Waals surface area contributed by atoms with Gasteiger partial charge in [0.1, 0.15) is 22.8 Å². The molecule has 1 aliphatic rings. The highest BCUT2D eigenvalue weighted by Crippen LogP contribution is 2.44. The predicted molar refractivity (Wildman–Crippen MR) is 82.1 cm³/mol. The normalized spacial score (nSPS) is 14.7. The molecule has 3 rings (SSSR count). The fourth-order valence-corrected chi connectivity index (χ4v) is 2.39. The van der Waals surface area contributed by atoms with Crippen molar-refractivity contribution in [3.63, 3.8) is 0 Å². The van der Waals surface area contributed by atoms with Crippen LogP contribution < -0.4 is 9.47 Å². The van der Waals surface area contributed by atoms with Gasteiger partial charge in [0, 0.05) is 11.6 Å². The van der Waals surface area contributed by atoms with Gasteiger partial charge in [-0.15, -0.1) is 0 Å². The largest absolute Gasteiger partial charge is 0.507 e. The maximum absolute atomic E-state index is 12.4. The van der Waals surface area contributed by atoms with Crippen molar-refractivity contribution < 1.29 is 29.6 Å². The number of fused-ring (bicyclic) bond motifs is 1. The summed E-state index contributed by atoms with van der Waals surface area (Å²) >= 11 is 0. The zero-order valence-corrected chi connectivity index (χ0v) is 12.5. The number of phenolic OH excluding ortho intramolecular Hbond substituents is 3. The first-order chi connectivity index (χ1) is 10.9. The number of phenols is 3. The van der Waals surface area contributed by atoms with Crippen molar-refractivity contribution in [3.8, 4) is 28.7 Å². The second-order valence-corrected chi connectivity index (χ2v) is 5.12. The van der Waals surface area contributed by atoms with E-state index < -0.39 is 5.78 Å². The van der Waals surface area contributed by atoms with Crippen LogP contribution in [0.5, 0.6) is 28.7 Å². The lowest BCUT2D eigenvalue weighted by molar-refractivity contribution is 0.101. The molecular formula is C17H14O6. The van der Waals surface area contributed by atoms with Crippen molar-refractivity contribution >= 4 is 11.9 Å². The quantitative estimate of drug-likeness (QED) is 0.738. The predicted octanol–water partition coefficient (Wildman–Crippen LogP) is 2.74. The first-order valence-corrected chi connectivity index (χ1v) is 6.79. The van der Waals surface area contributed by atoms with Crippen LogP contribution in [-0.2, 0) is 0 Å². The number of carbonyl (C=O) groups is 1. The number of carbonyl (C=O) groups excluding carboxylic acids is 1. The smallest absolute Gasteiger partial charge is 0.235 e. The van der Waals surface area contributed by atoms with Crippen molar-refractivity contribution in [2.75, 3.05) is 7.11 Å². The lowest BCUT2D eigenvalue weighted by Crippen LogP contribution is -1.98. The van der Waals surface area contributed by atoms with Crippen molar-refractivity contribution in [1.82, 2.24) is 0 Å². The average molecular weight is 314 g/mol. The highest BCUT2D eigenvalue weighted by molar-refractivity contribution is 6.16. The molecule has 1 heterocycles. The van der Waals surface area contributed by atoms with Gasteiger partial charge in [-0.25, -0.2) is 0 Å².